The quantitative estimate of drug-likeness (QED) is 0.665. The van der Waals surface area contributed by atoms with Crippen LogP contribution < -0.4 is 5.32 Å². The van der Waals surface area contributed by atoms with Gasteiger partial charge < -0.3 is 5.32 Å². The molecule has 0 aromatic heterocycles. The first-order valence-electron chi connectivity index (χ1n) is 5.46. The Morgan fingerprint density at radius 3 is 2.69 bits per heavy atom. The van der Waals surface area contributed by atoms with Gasteiger partial charge in [0, 0.05) is 12.5 Å². The number of hydrogen-bond donors (Lipinski definition) is 1. The molecule has 0 aromatic carbocycles. The standard InChI is InChI=1S/C11H20NO/c1-2-3-9-12-11(13)10-7-5-4-6-8-10/h9-10H,2-8H2,1H3,(H,12,13). The van der Waals surface area contributed by atoms with E-state index in [1.807, 2.05) is 6.54 Å². The van der Waals surface area contributed by atoms with Gasteiger partial charge in [-0.25, -0.2) is 0 Å². The number of nitrogens with one attached hydrogen (secondary N) is 1. The third-order valence-electron chi connectivity index (χ3n) is 2.65. The largest absolute Gasteiger partial charge is 0.351 e. The Labute approximate surface area is 81.1 Å². The summed E-state index contributed by atoms with van der Waals surface area (Å²) in [5.41, 5.74) is 0. The van der Waals surface area contributed by atoms with E-state index in [-0.39, 0.29) is 5.91 Å². The van der Waals surface area contributed by atoms with E-state index in [1.54, 1.807) is 0 Å². The van der Waals surface area contributed by atoms with Crippen molar-refractivity contribution in [3.63, 3.8) is 0 Å². The van der Waals surface area contributed by atoms with E-state index in [0.717, 1.165) is 25.7 Å². The topological polar surface area (TPSA) is 29.1 Å². The number of hydrogen-bond acceptors (Lipinski definition) is 1. The van der Waals surface area contributed by atoms with E-state index in [0.29, 0.717) is 5.92 Å². The third-order valence-corrected chi connectivity index (χ3v) is 2.65. The smallest absolute Gasteiger partial charge is 0.223 e. The maximum Gasteiger partial charge on any atom is 0.223 e. The first-order chi connectivity index (χ1) is 6.34. The predicted octanol–water partition coefficient (Wildman–Crippen LogP) is 2.64. The Kier molecular flexibility index (Phi) is 4.87. The number of carbonyl (C=O) groups excluding carboxylic acids is 1. The minimum Gasteiger partial charge on any atom is -0.351 e. The average Bonchev–Trinajstić information content (AvgIpc) is 2.19. The SMILES string of the molecule is CCC[CH]NC(=O)C1CCCCC1. The van der Waals surface area contributed by atoms with Gasteiger partial charge in [-0.3, -0.25) is 4.79 Å². The molecule has 0 unspecified atom stereocenters. The van der Waals surface area contributed by atoms with Gasteiger partial charge in [-0.1, -0.05) is 32.6 Å². The summed E-state index contributed by atoms with van der Waals surface area (Å²) in [5.74, 6) is 0.537. The molecule has 1 saturated carbocycles. The van der Waals surface area contributed by atoms with Gasteiger partial charge in [0.15, 0.2) is 0 Å². The maximum atomic E-state index is 11.5. The fraction of sp³-hybridized carbons (Fsp3) is 0.818. The van der Waals surface area contributed by atoms with Gasteiger partial charge in [0.25, 0.3) is 0 Å². The van der Waals surface area contributed by atoms with Crippen LogP contribution in [0.25, 0.3) is 0 Å². The maximum absolute atomic E-state index is 11.5. The molecule has 0 aromatic rings. The van der Waals surface area contributed by atoms with E-state index in [1.165, 1.54) is 19.3 Å². The van der Waals surface area contributed by atoms with Crippen LogP contribution in [0.1, 0.15) is 51.9 Å². The minimum absolute atomic E-state index is 0.244. The van der Waals surface area contributed by atoms with Gasteiger partial charge in [-0.05, 0) is 19.3 Å². The highest BCUT2D eigenvalue weighted by Gasteiger charge is 2.20. The van der Waals surface area contributed by atoms with Gasteiger partial charge in [0.2, 0.25) is 5.91 Å². The normalized spacial score (nSPS) is 18.5. The van der Waals surface area contributed by atoms with E-state index < -0.39 is 0 Å². The van der Waals surface area contributed by atoms with E-state index in [9.17, 15) is 4.79 Å². The summed E-state index contributed by atoms with van der Waals surface area (Å²) in [5, 5.41) is 2.89. The third kappa shape index (κ3) is 3.79. The lowest BCUT2D eigenvalue weighted by atomic mass is 9.89. The van der Waals surface area contributed by atoms with Crippen molar-refractivity contribution in [3.05, 3.63) is 6.54 Å². The van der Waals surface area contributed by atoms with Crippen LogP contribution in [0.4, 0.5) is 0 Å². The molecule has 1 rings (SSSR count). The second-order valence-corrected chi connectivity index (χ2v) is 3.84. The summed E-state index contributed by atoms with van der Waals surface area (Å²) in [6.45, 7) is 4.01. The molecule has 1 amide bonds. The molecule has 0 saturated heterocycles. The zero-order valence-corrected chi connectivity index (χ0v) is 8.51. The Morgan fingerprint density at radius 2 is 2.08 bits per heavy atom. The summed E-state index contributed by atoms with van der Waals surface area (Å²) in [6, 6.07) is 0. The number of rotatable bonds is 4. The molecule has 2 nitrogen and oxygen atoms in total. The first-order valence-corrected chi connectivity index (χ1v) is 5.46. The van der Waals surface area contributed by atoms with Crippen LogP contribution >= 0.6 is 0 Å². The fourth-order valence-corrected chi connectivity index (χ4v) is 1.80. The lowest BCUT2D eigenvalue weighted by molar-refractivity contribution is -0.125. The summed E-state index contributed by atoms with van der Waals surface area (Å²) >= 11 is 0. The number of carbonyl (C=O) groups is 1. The number of amides is 1. The van der Waals surface area contributed by atoms with Crippen LogP contribution in [-0.4, -0.2) is 5.91 Å². The van der Waals surface area contributed by atoms with Crippen LogP contribution in [0.5, 0.6) is 0 Å². The zero-order chi connectivity index (χ0) is 9.52. The Hall–Kier alpha value is -0.530. The summed E-state index contributed by atoms with van der Waals surface area (Å²) in [7, 11) is 0. The zero-order valence-electron chi connectivity index (χ0n) is 8.51. The molecular formula is C11H20NO. The van der Waals surface area contributed by atoms with Crippen molar-refractivity contribution in [2.75, 3.05) is 0 Å². The van der Waals surface area contributed by atoms with Gasteiger partial charge in [0.05, 0.1) is 0 Å². The Balaban J connectivity index is 2.13. The molecule has 2 heteroatoms. The fourth-order valence-electron chi connectivity index (χ4n) is 1.80. The van der Waals surface area contributed by atoms with Crippen LogP contribution in [-0.2, 0) is 4.79 Å². The van der Waals surface area contributed by atoms with E-state index in [2.05, 4.69) is 12.2 Å². The molecule has 0 atom stereocenters. The molecule has 13 heavy (non-hydrogen) atoms. The second-order valence-electron chi connectivity index (χ2n) is 3.84. The van der Waals surface area contributed by atoms with Crippen molar-refractivity contribution in [1.29, 1.82) is 0 Å². The van der Waals surface area contributed by atoms with Gasteiger partial charge in [-0.15, -0.1) is 0 Å². The van der Waals surface area contributed by atoms with Crippen molar-refractivity contribution in [3.8, 4) is 0 Å². The highest BCUT2D eigenvalue weighted by molar-refractivity contribution is 5.79. The van der Waals surface area contributed by atoms with E-state index in [4.69, 9.17) is 0 Å². The average molecular weight is 182 g/mol. The lowest BCUT2D eigenvalue weighted by Crippen LogP contribution is -2.30. The lowest BCUT2D eigenvalue weighted by Gasteiger charge is -2.20. The highest BCUT2D eigenvalue weighted by atomic mass is 16.1. The predicted molar refractivity (Wildman–Crippen MR) is 53.9 cm³/mol. The molecule has 0 aliphatic heterocycles. The van der Waals surface area contributed by atoms with Gasteiger partial charge in [-0.2, -0.15) is 0 Å². The minimum atomic E-state index is 0.244. The molecule has 0 heterocycles. The Morgan fingerprint density at radius 1 is 1.38 bits per heavy atom. The Bertz CT molecular complexity index is 150. The summed E-state index contributed by atoms with van der Waals surface area (Å²) < 4.78 is 0. The molecule has 0 bridgehead atoms. The van der Waals surface area contributed by atoms with Crippen molar-refractivity contribution in [2.24, 2.45) is 5.92 Å². The molecule has 1 aliphatic carbocycles. The monoisotopic (exact) mass is 182 g/mol. The molecule has 0 spiro atoms. The van der Waals surface area contributed by atoms with Crippen LogP contribution in [0.3, 0.4) is 0 Å². The molecule has 75 valence electrons. The summed E-state index contributed by atoms with van der Waals surface area (Å²) in [6.07, 6.45) is 8.03. The number of unbranched alkanes of at least 4 members (excludes halogenated alkanes) is 1. The van der Waals surface area contributed by atoms with E-state index >= 15 is 0 Å². The van der Waals surface area contributed by atoms with Crippen LogP contribution in [0, 0.1) is 12.5 Å². The van der Waals surface area contributed by atoms with Gasteiger partial charge in [0.1, 0.15) is 0 Å². The van der Waals surface area contributed by atoms with Crippen molar-refractivity contribution in [1.82, 2.24) is 5.32 Å². The molecular weight excluding hydrogens is 162 g/mol. The highest BCUT2D eigenvalue weighted by Crippen LogP contribution is 2.23. The van der Waals surface area contributed by atoms with Gasteiger partial charge >= 0.3 is 0 Å². The second kappa shape index (κ2) is 6.01. The van der Waals surface area contributed by atoms with Crippen LogP contribution in [0.2, 0.25) is 0 Å². The van der Waals surface area contributed by atoms with Crippen LogP contribution in [0.15, 0.2) is 0 Å². The first kappa shape index (κ1) is 10.6. The molecule has 1 fully saturated rings. The van der Waals surface area contributed by atoms with Crippen molar-refractivity contribution >= 4 is 5.91 Å². The molecule has 1 N–H and O–H groups in total. The molecule has 1 radical (unpaired) electrons. The summed E-state index contributed by atoms with van der Waals surface area (Å²) in [4.78, 5) is 11.5. The van der Waals surface area contributed by atoms with Crippen molar-refractivity contribution in [2.45, 2.75) is 51.9 Å². The van der Waals surface area contributed by atoms with Crippen molar-refractivity contribution < 1.29 is 4.79 Å². The molecule has 1 aliphatic rings.